The van der Waals surface area contributed by atoms with Crippen LogP contribution in [0.4, 0.5) is 11.4 Å². The van der Waals surface area contributed by atoms with E-state index in [1.54, 1.807) is 0 Å². The summed E-state index contributed by atoms with van der Waals surface area (Å²) in [5.74, 6) is 1.47. The minimum atomic E-state index is -0.933. The van der Waals surface area contributed by atoms with Gasteiger partial charge in [0.25, 0.3) is 0 Å². The number of unbranched alkanes of at least 4 members (excludes halogenated alkanes) is 1. The predicted molar refractivity (Wildman–Crippen MR) is 128 cm³/mol. The summed E-state index contributed by atoms with van der Waals surface area (Å²) < 4.78 is 17.5. The fourth-order valence-corrected chi connectivity index (χ4v) is 3.80. The number of rotatable bonds is 11. The van der Waals surface area contributed by atoms with E-state index in [0.717, 1.165) is 47.0 Å². The third-order valence-corrected chi connectivity index (χ3v) is 5.55. The summed E-state index contributed by atoms with van der Waals surface area (Å²) in [5.41, 5.74) is 2.93. The van der Waals surface area contributed by atoms with Gasteiger partial charge in [0.15, 0.2) is 17.6 Å². The summed E-state index contributed by atoms with van der Waals surface area (Å²) in [4.78, 5) is 13.7. The molecule has 0 saturated carbocycles. The van der Waals surface area contributed by atoms with Crippen LogP contribution in [0.2, 0.25) is 0 Å². The quantitative estimate of drug-likeness (QED) is 0.374. The summed E-state index contributed by atoms with van der Waals surface area (Å²) in [6.07, 6.45) is 1.33. The first-order valence-corrected chi connectivity index (χ1v) is 11.4. The lowest BCUT2D eigenvalue weighted by Gasteiger charge is -2.32. The van der Waals surface area contributed by atoms with Gasteiger partial charge in [0, 0.05) is 13.0 Å². The number of anilines is 2. The number of para-hydroxylation sites is 4. The van der Waals surface area contributed by atoms with Crippen molar-refractivity contribution in [1.82, 2.24) is 0 Å². The molecule has 0 aromatic heterocycles. The highest BCUT2D eigenvalue weighted by Gasteiger charge is 2.23. The van der Waals surface area contributed by atoms with Crippen LogP contribution in [-0.2, 0) is 16.0 Å². The average molecular weight is 448 g/mol. The van der Waals surface area contributed by atoms with Crippen molar-refractivity contribution in [1.29, 1.82) is 0 Å². The maximum Gasteiger partial charge on any atom is 0.333 e. The topological polar surface area (TPSA) is 68.2 Å². The molecule has 1 aliphatic rings. The summed E-state index contributed by atoms with van der Waals surface area (Å²) >= 11 is 0. The fourth-order valence-electron chi connectivity index (χ4n) is 3.80. The first-order valence-electron chi connectivity index (χ1n) is 11.4. The number of carbonyl (C=O) groups is 1. The molecule has 0 aliphatic carbocycles. The molecule has 1 N–H and O–H groups in total. The maximum absolute atomic E-state index is 11.5. The lowest BCUT2D eigenvalue weighted by molar-refractivity contribution is -0.150. The number of carboxylic acid groups (broad SMARTS) is 1. The van der Waals surface area contributed by atoms with E-state index in [-0.39, 0.29) is 0 Å². The molecule has 6 heteroatoms. The van der Waals surface area contributed by atoms with Crippen LogP contribution in [0.15, 0.2) is 72.8 Å². The van der Waals surface area contributed by atoms with Crippen molar-refractivity contribution in [3.8, 4) is 17.2 Å². The minimum Gasteiger partial charge on any atom is -0.492 e. The standard InChI is InChI=1S/C27H29NO5/c1-2-3-17-32-26(27(29)30)19-20-12-14-21(15-13-20)31-18-16-28-22-8-4-6-10-24(22)33-25-11-7-5-9-23(25)28/h4-15,26H,2-3,16-19H2,1H3,(H,29,30). The Kier molecular flexibility index (Phi) is 7.47. The second-order valence-electron chi connectivity index (χ2n) is 7.94. The van der Waals surface area contributed by atoms with E-state index in [2.05, 4.69) is 11.8 Å². The third kappa shape index (κ3) is 5.65. The Morgan fingerprint density at radius 2 is 1.58 bits per heavy atom. The monoisotopic (exact) mass is 447 g/mol. The van der Waals surface area contributed by atoms with Gasteiger partial charge in [-0.2, -0.15) is 0 Å². The highest BCUT2D eigenvalue weighted by molar-refractivity contribution is 5.77. The molecule has 1 unspecified atom stereocenters. The van der Waals surface area contributed by atoms with Crippen molar-refractivity contribution < 1.29 is 24.1 Å². The molecular weight excluding hydrogens is 418 g/mol. The second kappa shape index (κ2) is 10.9. The summed E-state index contributed by atoms with van der Waals surface area (Å²) in [6.45, 7) is 3.66. The van der Waals surface area contributed by atoms with E-state index in [1.807, 2.05) is 72.8 Å². The van der Waals surface area contributed by atoms with E-state index in [9.17, 15) is 9.90 Å². The molecule has 33 heavy (non-hydrogen) atoms. The van der Waals surface area contributed by atoms with E-state index in [1.165, 1.54) is 0 Å². The Balaban J connectivity index is 1.36. The third-order valence-electron chi connectivity index (χ3n) is 5.55. The first kappa shape index (κ1) is 22.7. The Morgan fingerprint density at radius 1 is 0.939 bits per heavy atom. The molecule has 1 heterocycles. The summed E-state index contributed by atoms with van der Waals surface area (Å²) in [6, 6.07) is 23.5. The normalized spacial score (nSPS) is 12.9. The van der Waals surface area contributed by atoms with Crippen LogP contribution in [0, 0.1) is 0 Å². The van der Waals surface area contributed by atoms with Crippen LogP contribution >= 0.6 is 0 Å². The second-order valence-corrected chi connectivity index (χ2v) is 7.94. The predicted octanol–water partition coefficient (Wildman–Crippen LogP) is 5.82. The number of aliphatic carboxylic acids is 1. The number of benzene rings is 3. The number of ether oxygens (including phenoxy) is 3. The minimum absolute atomic E-state index is 0.334. The number of carboxylic acids is 1. The van der Waals surface area contributed by atoms with Crippen molar-refractivity contribution in [2.45, 2.75) is 32.3 Å². The first-order chi connectivity index (χ1) is 16.2. The zero-order valence-corrected chi connectivity index (χ0v) is 18.8. The summed E-state index contributed by atoms with van der Waals surface area (Å²) in [5, 5.41) is 9.40. The van der Waals surface area contributed by atoms with Gasteiger partial charge in [-0.3, -0.25) is 0 Å². The Hall–Kier alpha value is -3.51. The van der Waals surface area contributed by atoms with Gasteiger partial charge < -0.3 is 24.2 Å². The van der Waals surface area contributed by atoms with Gasteiger partial charge in [-0.15, -0.1) is 0 Å². The molecule has 172 valence electrons. The number of nitrogens with zero attached hydrogens (tertiary/aromatic N) is 1. The molecule has 0 spiro atoms. The lowest BCUT2D eigenvalue weighted by atomic mass is 10.1. The molecule has 3 aromatic rings. The largest absolute Gasteiger partial charge is 0.492 e. The van der Waals surface area contributed by atoms with Gasteiger partial charge in [0.05, 0.1) is 17.9 Å². The molecule has 1 aliphatic heterocycles. The number of hydrogen-bond donors (Lipinski definition) is 1. The zero-order valence-electron chi connectivity index (χ0n) is 18.8. The van der Waals surface area contributed by atoms with Crippen LogP contribution in [0.3, 0.4) is 0 Å². The van der Waals surface area contributed by atoms with Crippen LogP contribution in [0.1, 0.15) is 25.3 Å². The SMILES string of the molecule is CCCCOC(Cc1ccc(OCCN2c3ccccc3Oc3ccccc32)cc1)C(=O)O. The Labute approximate surface area is 194 Å². The van der Waals surface area contributed by atoms with Crippen molar-refractivity contribution in [2.75, 3.05) is 24.7 Å². The van der Waals surface area contributed by atoms with Gasteiger partial charge in [-0.05, 0) is 48.4 Å². The van der Waals surface area contributed by atoms with Gasteiger partial charge in [-0.25, -0.2) is 4.79 Å². The van der Waals surface area contributed by atoms with Crippen LogP contribution in [0.25, 0.3) is 0 Å². The van der Waals surface area contributed by atoms with Crippen molar-refractivity contribution in [2.24, 2.45) is 0 Å². The van der Waals surface area contributed by atoms with Gasteiger partial charge in [0.1, 0.15) is 12.4 Å². The van der Waals surface area contributed by atoms with E-state index < -0.39 is 12.1 Å². The smallest absolute Gasteiger partial charge is 0.333 e. The Morgan fingerprint density at radius 3 is 2.18 bits per heavy atom. The average Bonchev–Trinajstić information content (AvgIpc) is 2.84. The van der Waals surface area contributed by atoms with Gasteiger partial charge in [-0.1, -0.05) is 49.7 Å². The molecule has 0 fully saturated rings. The molecule has 4 rings (SSSR count). The molecular formula is C27H29NO5. The van der Waals surface area contributed by atoms with Crippen LogP contribution < -0.4 is 14.4 Å². The molecule has 0 bridgehead atoms. The fraction of sp³-hybridized carbons (Fsp3) is 0.296. The molecule has 0 saturated heterocycles. The molecule has 6 nitrogen and oxygen atoms in total. The number of hydrogen-bond acceptors (Lipinski definition) is 5. The summed E-state index contributed by atoms with van der Waals surface area (Å²) in [7, 11) is 0. The van der Waals surface area contributed by atoms with E-state index in [0.29, 0.717) is 26.2 Å². The van der Waals surface area contributed by atoms with Gasteiger partial charge >= 0.3 is 5.97 Å². The highest BCUT2D eigenvalue weighted by atomic mass is 16.5. The van der Waals surface area contributed by atoms with Crippen molar-refractivity contribution >= 4 is 17.3 Å². The van der Waals surface area contributed by atoms with Crippen molar-refractivity contribution in [3.63, 3.8) is 0 Å². The molecule has 0 amide bonds. The van der Waals surface area contributed by atoms with Crippen LogP contribution in [-0.4, -0.2) is 36.9 Å². The van der Waals surface area contributed by atoms with E-state index >= 15 is 0 Å². The molecule has 3 aromatic carbocycles. The van der Waals surface area contributed by atoms with Crippen LogP contribution in [0.5, 0.6) is 17.2 Å². The maximum atomic E-state index is 11.5. The van der Waals surface area contributed by atoms with Gasteiger partial charge in [0.2, 0.25) is 0 Å². The molecule has 0 radical (unpaired) electrons. The lowest BCUT2D eigenvalue weighted by Crippen LogP contribution is -2.27. The Bertz CT molecular complexity index is 1020. The number of fused-ring (bicyclic) bond motifs is 2. The zero-order chi connectivity index (χ0) is 23.0. The molecule has 1 atom stereocenters. The highest BCUT2D eigenvalue weighted by Crippen LogP contribution is 2.45. The van der Waals surface area contributed by atoms with Crippen molar-refractivity contribution in [3.05, 3.63) is 78.4 Å². The van der Waals surface area contributed by atoms with E-state index in [4.69, 9.17) is 14.2 Å².